The first-order valence-electron chi connectivity index (χ1n) is 6.87. The molecule has 1 unspecified atom stereocenters. The quantitative estimate of drug-likeness (QED) is 0.876. The molecule has 7 heteroatoms. The fourth-order valence-corrected chi connectivity index (χ4v) is 3.89. The van der Waals surface area contributed by atoms with Crippen molar-refractivity contribution in [2.24, 2.45) is 0 Å². The van der Waals surface area contributed by atoms with Gasteiger partial charge in [0.1, 0.15) is 0 Å². The van der Waals surface area contributed by atoms with E-state index < -0.39 is 10.0 Å². The summed E-state index contributed by atoms with van der Waals surface area (Å²) in [4.78, 5) is 13.6. The van der Waals surface area contributed by atoms with Crippen LogP contribution in [0.3, 0.4) is 0 Å². The molecule has 21 heavy (non-hydrogen) atoms. The molecule has 0 bridgehead atoms. The molecule has 0 aromatic heterocycles. The van der Waals surface area contributed by atoms with Crippen molar-refractivity contribution in [2.45, 2.75) is 17.9 Å². The number of sulfonamides is 1. The van der Waals surface area contributed by atoms with Crippen LogP contribution in [0.4, 0.5) is 0 Å². The molecule has 1 amide bonds. The predicted molar refractivity (Wildman–Crippen MR) is 80.7 cm³/mol. The normalized spacial score (nSPS) is 20.2. The molecule has 1 aromatic rings. The first-order chi connectivity index (χ1) is 9.82. The minimum absolute atomic E-state index is 0.125. The van der Waals surface area contributed by atoms with Gasteiger partial charge in [0.25, 0.3) is 5.91 Å². The van der Waals surface area contributed by atoms with Crippen molar-refractivity contribution in [2.75, 3.05) is 33.7 Å². The van der Waals surface area contributed by atoms with Gasteiger partial charge >= 0.3 is 0 Å². The first-order valence-corrected chi connectivity index (χ1v) is 8.31. The molecule has 0 saturated carbocycles. The van der Waals surface area contributed by atoms with Crippen LogP contribution in [-0.4, -0.2) is 63.3 Å². The van der Waals surface area contributed by atoms with E-state index in [9.17, 15) is 13.2 Å². The summed E-state index contributed by atoms with van der Waals surface area (Å²) in [5, 5.41) is 3.21. The van der Waals surface area contributed by atoms with Crippen LogP contribution in [0.1, 0.15) is 17.3 Å². The average Bonchev–Trinajstić information content (AvgIpc) is 2.46. The van der Waals surface area contributed by atoms with Crippen LogP contribution >= 0.6 is 0 Å². The van der Waals surface area contributed by atoms with E-state index in [1.54, 1.807) is 26.2 Å². The molecule has 1 aliphatic rings. The van der Waals surface area contributed by atoms with Crippen molar-refractivity contribution in [1.29, 1.82) is 0 Å². The van der Waals surface area contributed by atoms with Gasteiger partial charge in [0.15, 0.2) is 0 Å². The fourth-order valence-electron chi connectivity index (χ4n) is 2.31. The predicted octanol–water partition coefficient (Wildman–Crippen LogP) is 0.371. The van der Waals surface area contributed by atoms with E-state index in [0.717, 1.165) is 0 Å². The Morgan fingerprint density at radius 3 is 2.71 bits per heavy atom. The Kier molecular flexibility index (Phi) is 4.65. The second-order valence-corrected chi connectivity index (χ2v) is 7.38. The molecule has 1 saturated heterocycles. The molecule has 1 atom stereocenters. The number of amides is 1. The second kappa shape index (κ2) is 6.13. The molecule has 1 N–H and O–H groups in total. The van der Waals surface area contributed by atoms with Gasteiger partial charge in [0.05, 0.1) is 4.90 Å². The summed E-state index contributed by atoms with van der Waals surface area (Å²) in [7, 11) is -0.273. The van der Waals surface area contributed by atoms with E-state index in [2.05, 4.69) is 5.32 Å². The summed E-state index contributed by atoms with van der Waals surface area (Å²) < 4.78 is 26.8. The first kappa shape index (κ1) is 15.9. The number of nitrogens with zero attached hydrogens (tertiary/aromatic N) is 2. The molecule has 1 aromatic carbocycles. The highest BCUT2D eigenvalue weighted by molar-refractivity contribution is 7.89. The molecule has 116 valence electrons. The summed E-state index contributed by atoms with van der Waals surface area (Å²) in [6.45, 7) is 3.47. The van der Waals surface area contributed by atoms with Crippen LogP contribution in [-0.2, 0) is 10.0 Å². The molecular formula is C14H21N3O3S. The molecule has 1 heterocycles. The Morgan fingerprint density at radius 2 is 2.10 bits per heavy atom. The molecule has 0 radical (unpaired) electrons. The number of hydrogen-bond donors (Lipinski definition) is 1. The number of hydrogen-bond acceptors (Lipinski definition) is 4. The van der Waals surface area contributed by atoms with E-state index in [-0.39, 0.29) is 16.8 Å². The molecule has 0 spiro atoms. The third-order valence-corrected chi connectivity index (χ3v) is 5.32. The van der Waals surface area contributed by atoms with Gasteiger partial charge in [-0.15, -0.1) is 0 Å². The van der Waals surface area contributed by atoms with Crippen LogP contribution in [0.15, 0.2) is 29.2 Å². The van der Waals surface area contributed by atoms with Gasteiger partial charge in [0.2, 0.25) is 10.0 Å². The summed E-state index contributed by atoms with van der Waals surface area (Å²) in [5.74, 6) is -0.208. The number of nitrogens with one attached hydrogen (secondary N) is 1. The van der Waals surface area contributed by atoms with Gasteiger partial charge in [-0.25, -0.2) is 8.42 Å². The van der Waals surface area contributed by atoms with Crippen molar-refractivity contribution in [3.05, 3.63) is 29.8 Å². The Labute approximate surface area is 125 Å². The average molecular weight is 311 g/mol. The van der Waals surface area contributed by atoms with Crippen LogP contribution < -0.4 is 5.32 Å². The maximum absolute atomic E-state index is 12.7. The molecular weight excluding hydrogens is 290 g/mol. The highest BCUT2D eigenvalue weighted by Gasteiger charge is 2.28. The lowest BCUT2D eigenvalue weighted by Crippen LogP contribution is -2.51. The lowest BCUT2D eigenvalue weighted by molar-refractivity contribution is 0.0827. The van der Waals surface area contributed by atoms with Crippen molar-refractivity contribution in [1.82, 2.24) is 14.5 Å². The summed E-state index contributed by atoms with van der Waals surface area (Å²) in [6.07, 6.45) is 0. The Morgan fingerprint density at radius 1 is 1.38 bits per heavy atom. The third-order valence-electron chi connectivity index (χ3n) is 3.46. The number of carbonyl (C=O) groups excluding carboxylic acids is 1. The van der Waals surface area contributed by atoms with E-state index >= 15 is 0 Å². The van der Waals surface area contributed by atoms with E-state index in [1.165, 1.54) is 21.3 Å². The lowest BCUT2D eigenvalue weighted by atomic mass is 10.2. The van der Waals surface area contributed by atoms with Crippen LogP contribution in [0, 0.1) is 0 Å². The fraction of sp³-hybridized carbons (Fsp3) is 0.500. The van der Waals surface area contributed by atoms with Crippen molar-refractivity contribution >= 4 is 15.9 Å². The maximum Gasteiger partial charge on any atom is 0.253 e. The monoisotopic (exact) mass is 311 g/mol. The van der Waals surface area contributed by atoms with E-state index in [0.29, 0.717) is 25.2 Å². The highest BCUT2D eigenvalue weighted by atomic mass is 32.2. The Balaban J connectivity index is 2.32. The van der Waals surface area contributed by atoms with Gasteiger partial charge in [-0.2, -0.15) is 4.31 Å². The molecule has 1 fully saturated rings. The molecule has 2 rings (SSSR count). The van der Waals surface area contributed by atoms with E-state index in [1.807, 2.05) is 6.92 Å². The van der Waals surface area contributed by atoms with Gasteiger partial charge < -0.3 is 10.2 Å². The smallest absolute Gasteiger partial charge is 0.253 e. The van der Waals surface area contributed by atoms with Crippen molar-refractivity contribution in [3.63, 3.8) is 0 Å². The second-order valence-electron chi connectivity index (χ2n) is 5.45. The zero-order valence-corrected chi connectivity index (χ0v) is 13.4. The Hall–Kier alpha value is -1.44. The summed E-state index contributed by atoms with van der Waals surface area (Å²) in [5.41, 5.74) is 0.379. The van der Waals surface area contributed by atoms with Crippen molar-refractivity contribution < 1.29 is 13.2 Å². The summed E-state index contributed by atoms with van der Waals surface area (Å²) in [6, 6.07) is 6.34. The van der Waals surface area contributed by atoms with Gasteiger partial charge in [-0.3, -0.25) is 4.79 Å². The number of piperazine rings is 1. The largest absolute Gasteiger partial charge is 0.345 e. The van der Waals surface area contributed by atoms with Crippen LogP contribution in [0.25, 0.3) is 0 Å². The van der Waals surface area contributed by atoms with Crippen LogP contribution in [0.5, 0.6) is 0 Å². The highest BCUT2D eigenvalue weighted by Crippen LogP contribution is 2.19. The molecule has 0 aliphatic carbocycles. The molecule has 6 nitrogen and oxygen atoms in total. The number of benzene rings is 1. The van der Waals surface area contributed by atoms with E-state index in [4.69, 9.17) is 0 Å². The van der Waals surface area contributed by atoms with Gasteiger partial charge in [0, 0.05) is 45.3 Å². The zero-order chi connectivity index (χ0) is 15.6. The zero-order valence-electron chi connectivity index (χ0n) is 12.5. The number of rotatable bonds is 3. The SMILES string of the molecule is CC1CN(S(=O)(=O)c2cccc(C(=O)N(C)C)c2)CCN1. The number of carbonyl (C=O) groups is 1. The van der Waals surface area contributed by atoms with Crippen molar-refractivity contribution in [3.8, 4) is 0 Å². The Bertz CT molecular complexity index is 628. The molecule has 1 aliphatic heterocycles. The van der Waals surface area contributed by atoms with Gasteiger partial charge in [-0.1, -0.05) is 6.07 Å². The maximum atomic E-state index is 12.7. The minimum Gasteiger partial charge on any atom is -0.345 e. The summed E-state index contributed by atoms with van der Waals surface area (Å²) >= 11 is 0. The minimum atomic E-state index is -3.55. The van der Waals surface area contributed by atoms with Gasteiger partial charge in [-0.05, 0) is 25.1 Å². The third kappa shape index (κ3) is 3.42. The topological polar surface area (TPSA) is 69.7 Å². The van der Waals surface area contributed by atoms with Crippen LogP contribution in [0.2, 0.25) is 0 Å². The standard InChI is InChI=1S/C14H21N3O3S/c1-11-10-17(8-7-15-11)21(19,20)13-6-4-5-12(9-13)14(18)16(2)3/h4-6,9,11,15H,7-8,10H2,1-3H3. The lowest BCUT2D eigenvalue weighted by Gasteiger charge is -2.31.